The summed E-state index contributed by atoms with van der Waals surface area (Å²) in [6.07, 6.45) is 0. The zero-order valence-corrected chi connectivity index (χ0v) is 16.6. The lowest BCUT2D eigenvalue weighted by molar-refractivity contribution is 0.347. The van der Waals surface area contributed by atoms with E-state index in [1.807, 2.05) is 0 Å². The Labute approximate surface area is 82.2 Å². The van der Waals surface area contributed by atoms with Gasteiger partial charge >= 0.3 is 0 Å². The van der Waals surface area contributed by atoms with Gasteiger partial charge in [0, 0.05) is 0 Å². The quantitative estimate of drug-likeness (QED) is 0.440. The van der Waals surface area contributed by atoms with Gasteiger partial charge in [-0.25, -0.2) is 0 Å². The van der Waals surface area contributed by atoms with E-state index in [-0.39, 0.29) is 0 Å². The molecule has 0 bridgehead atoms. The molecule has 5 nitrogen and oxygen atoms in total. The summed E-state index contributed by atoms with van der Waals surface area (Å²) in [6.45, 7) is 0. The average molecular weight is 262 g/mol. The summed E-state index contributed by atoms with van der Waals surface area (Å²) < 4.78 is 23.4. The Hall–Kier alpha value is 1.10. The van der Waals surface area contributed by atoms with Gasteiger partial charge in [0.2, 0.25) is 0 Å². The van der Waals surface area contributed by atoms with Crippen molar-refractivity contribution in [2.24, 2.45) is 0 Å². The van der Waals surface area contributed by atoms with Crippen LogP contribution in [0.4, 0.5) is 0 Å². The average Bonchev–Trinajstić information content (AvgIpc) is 1.86. The monoisotopic (exact) mass is 261 g/mol. The minimum absolute atomic E-state index is 0.653. The lowest BCUT2D eigenvalue weighted by atomic mass is 13.9. The molecule has 1 saturated heterocycles. The third-order valence-corrected chi connectivity index (χ3v) is 6.00. The Morgan fingerprint density at radius 3 is 1.09 bits per heavy atom. The van der Waals surface area contributed by atoms with E-state index in [2.05, 4.69) is 4.65 Å². The predicted octanol–water partition coefficient (Wildman–Crippen LogP) is -6.80. The van der Waals surface area contributed by atoms with Gasteiger partial charge in [0.1, 0.15) is 0 Å². The minimum atomic E-state index is -0.653. The molecule has 0 radical (unpaired) electrons. The molecule has 0 aromatic carbocycles. The van der Waals surface area contributed by atoms with Crippen LogP contribution in [-0.4, -0.2) is 60.8 Å². The maximum Gasteiger partial charge on any atom is 0.286 e. The van der Waals surface area contributed by atoms with Crippen LogP contribution in [0.25, 0.3) is 0 Å². The van der Waals surface area contributed by atoms with E-state index in [0.29, 0.717) is 0 Å². The summed E-state index contributed by atoms with van der Waals surface area (Å²) in [5.74, 6) is 0. The molecule has 68 valence electrons. The second kappa shape index (κ2) is 11.1. The Morgan fingerprint density at radius 1 is 0.727 bits per heavy atom. The standard InChI is InChI=1S/H7NSi2.H8O4Si4/c2-1-3;1-5-2-7-4-8-3-6-1/h1H,2-3H3;5-8H2. The molecule has 0 aliphatic carbocycles. The van der Waals surface area contributed by atoms with Gasteiger partial charge in [-0.15, -0.1) is 0 Å². The highest BCUT2D eigenvalue weighted by Crippen LogP contribution is 1.79. The van der Waals surface area contributed by atoms with Crippen LogP contribution >= 0.6 is 0 Å². The summed E-state index contributed by atoms with van der Waals surface area (Å²) in [6, 6.07) is 0. The predicted molar refractivity (Wildman–Crippen MR) is 61.5 cm³/mol. The summed E-state index contributed by atoms with van der Waals surface area (Å²) in [7, 11) is -0.250. The Balaban J connectivity index is 0.000000292. The van der Waals surface area contributed by atoms with Gasteiger partial charge in [-0.2, -0.15) is 0 Å². The molecule has 0 aromatic heterocycles. The van der Waals surface area contributed by atoms with E-state index in [1.165, 1.54) is 20.8 Å². The van der Waals surface area contributed by atoms with Gasteiger partial charge in [0.15, 0.2) is 0 Å². The fourth-order valence-corrected chi connectivity index (χ4v) is 7.59. The summed E-state index contributed by atoms with van der Waals surface area (Å²) in [5, 5.41) is 0. The zero-order valence-electron chi connectivity index (χ0n) is 6.96. The van der Waals surface area contributed by atoms with Crippen molar-refractivity contribution in [3.8, 4) is 0 Å². The van der Waals surface area contributed by atoms with Gasteiger partial charge in [0.25, 0.3) is 40.0 Å². The third kappa shape index (κ3) is 11.1. The van der Waals surface area contributed by atoms with Gasteiger partial charge in [-0.1, -0.05) is 0 Å². The molecule has 0 amide bonds. The first-order valence-corrected chi connectivity index (χ1v) is 9.93. The van der Waals surface area contributed by atoms with Crippen LogP contribution in [0.3, 0.4) is 0 Å². The fraction of sp³-hybridized carbons (Fsp3) is 0. The molecule has 1 fully saturated rings. The summed E-state index contributed by atoms with van der Waals surface area (Å²) >= 11 is 0. The van der Waals surface area contributed by atoms with Crippen LogP contribution in [0.2, 0.25) is 0 Å². The van der Waals surface area contributed by atoms with Crippen LogP contribution in [-0.2, 0) is 16.5 Å². The Morgan fingerprint density at radius 2 is 0.909 bits per heavy atom. The van der Waals surface area contributed by atoms with E-state index in [0.717, 1.165) is 0 Å². The number of hydrogen-bond donors (Lipinski definition) is 1. The van der Waals surface area contributed by atoms with Crippen molar-refractivity contribution >= 4 is 60.8 Å². The zero-order chi connectivity index (χ0) is 8.36. The van der Waals surface area contributed by atoms with E-state index in [9.17, 15) is 0 Å². The highest BCUT2D eigenvalue weighted by atomic mass is 28.4. The van der Waals surface area contributed by atoms with Crippen molar-refractivity contribution in [2.45, 2.75) is 0 Å². The number of rotatable bonds is 0. The molecule has 11 heavy (non-hydrogen) atoms. The number of hydrogen-bond acceptors (Lipinski definition) is 5. The molecule has 0 spiro atoms. The molecular formula is H15NO4Si6. The van der Waals surface area contributed by atoms with Crippen LogP contribution in [0.15, 0.2) is 0 Å². The molecular weight excluding hydrogens is 247 g/mol. The van der Waals surface area contributed by atoms with Crippen molar-refractivity contribution < 1.29 is 16.5 Å². The molecule has 0 atom stereocenters. The third-order valence-electron chi connectivity index (χ3n) is 0.667. The topological polar surface area (TPSA) is 49.0 Å². The minimum Gasteiger partial charge on any atom is -0.425 e. The number of nitrogens with one attached hydrogen (secondary N) is 1. The van der Waals surface area contributed by atoms with Gasteiger partial charge in [-0.3, -0.25) is 0 Å². The highest BCUT2D eigenvalue weighted by molar-refractivity contribution is 6.50. The van der Waals surface area contributed by atoms with Crippen molar-refractivity contribution in [1.82, 2.24) is 4.65 Å². The Kier molecular flexibility index (Phi) is 12.2. The van der Waals surface area contributed by atoms with Gasteiger partial charge in [-0.05, 0) is 0 Å². The Bertz CT molecular complexity index is 47.6. The maximum absolute atomic E-state index is 5.10. The molecule has 0 aromatic rings. The van der Waals surface area contributed by atoms with Crippen molar-refractivity contribution in [3.05, 3.63) is 0 Å². The molecule has 1 N–H and O–H groups in total. The molecule has 1 rings (SSSR count). The van der Waals surface area contributed by atoms with Crippen molar-refractivity contribution in [2.75, 3.05) is 0 Å². The van der Waals surface area contributed by atoms with Crippen molar-refractivity contribution in [3.63, 3.8) is 0 Å². The van der Waals surface area contributed by atoms with E-state index >= 15 is 0 Å². The SMILES string of the molecule is O1[SiH2]O[SiH2]O[SiH2]O[SiH2]1.[SiH3]N[SiH3]. The summed E-state index contributed by atoms with van der Waals surface area (Å²) in [4.78, 5) is 0. The van der Waals surface area contributed by atoms with Crippen LogP contribution in [0, 0.1) is 0 Å². The normalized spacial score (nSPS) is 28.4. The van der Waals surface area contributed by atoms with Crippen LogP contribution in [0.1, 0.15) is 0 Å². The second-order valence-corrected chi connectivity index (χ2v) is 13.3. The fourth-order valence-electron chi connectivity index (χ4n) is 0.372. The van der Waals surface area contributed by atoms with Gasteiger partial charge < -0.3 is 21.1 Å². The van der Waals surface area contributed by atoms with E-state index < -0.39 is 40.0 Å². The smallest absolute Gasteiger partial charge is 0.286 e. The first-order chi connectivity index (χ1) is 5.41. The molecule has 1 aliphatic heterocycles. The summed E-state index contributed by atoms with van der Waals surface area (Å²) in [5.41, 5.74) is 0. The first kappa shape index (κ1) is 12.1. The molecule has 11 heteroatoms. The van der Waals surface area contributed by atoms with E-state index in [1.54, 1.807) is 0 Å². The first-order valence-electron chi connectivity index (χ1n) is 3.31. The van der Waals surface area contributed by atoms with Crippen LogP contribution in [0.5, 0.6) is 0 Å². The molecule has 1 aliphatic rings. The molecule has 0 unspecified atom stereocenters. The maximum atomic E-state index is 5.10. The molecule has 1 heterocycles. The highest BCUT2D eigenvalue weighted by Gasteiger charge is 1.97. The van der Waals surface area contributed by atoms with E-state index in [4.69, 9.17) is 16.5 Å². The largest absolute Gasteiger partial charge is 0.425 e. The lowest BCUT2D eigenvalue weighted by Crippen LogP contribution is -2.23. The lowest BCUT2D eigenvalue weighted by Gasteiger charge is -2.10. The second-order valence-electron chi connectivity index (χ2n) is 1.79. The molecule has 0 saturated carbocycles. The van der Waals surface area contributed by atoms with Crippen LogP contribution < -0.4 is 4.65 Å². The van der Waals surface area contributed by atoms with Gasteiger partial charge in [0.05, 0.1) is 20.8 Å². The van der Waals surface area contributed by atoms with Crippen molar-refractivity contribution in [1.29, 1.82) is 0 Å².